The van der Waals surface area contributed by atoms with Crippen LogP contribution >= 0.6 is 0 Å². The van der Waals surface area contributed by atoms with Crippen LogP contribution in [0.2, 0.25) is 0 Å². The first kappa shape index (κ1) is 36.0. The van der Waals surface area contributed by atoms with Gasteiger partial charge in [0.15, 0.2) is 0 Å². The number of rotatable bonds is 14. The average molecular weight is 669 g/mol. The lowest BCUT2D eigenvalue weighted by Gasteiger charge is -2.17. The van der Waals surface area contributed by atoms with Crippen LogP contribution in [-0.2, 0) is 20.9 Å². The molecule has 0 amide bonds. The number of hydrogen-bond donors (Lipinski definition) is 4. The van der Waals surface area contributed by atoms with Gasteiger partial charge in [-0.05, 0) is 105 Å². The number of fused-ring (bicyclic) bond motifs is 8. The second-order valence-corrected chi connectivity index (χ2v) is 13.5. The molecule has 0 aliphatic carbocycles. The molecule has 10 heteroatoms. The van der Waals surface area contributed by atoms with Gasteiger partial charge in [0.2, 0.25) is 0 Å². The number of aromatic amines is 2. The number of H-pyrrole nitrogens is 2. The minimum absolute atomic E-state index is 0.0220. The van der Waals surface area contributed by atoms with Crippen LogP contribution in [-0.4, -0.2) is 38.9 Å². The molecular weight excluding hydrogens is 616 g/mol. The van der Waals surface area contributed by atoms with E-state index in [4.69, 9.17) is 25.5 Å². The summed E-state index contributed by atoms with van der Waals surface area (Å²) in [5.74, 6) is 4.87. The summed E-state index contributed by atoms with van der Waals surface area (Å²) < 4.78 is 0. The maximum Gasteiger partial charge on any atom is 0.359 e. The molecule has 10 nitrogen and oxygen atoms in total. The lowest BCUT2D eigenvalue weighted by atomic mass is 9.86. The maximum absolute atomic E-state index is 13.2. The third kappa shape index (κ3) is 7.35. The first-order valence-corrected chi connectivity index (χ1v) is 17.8. The van der Waals surface area contributed by atoms with Gasteiger partial charge in [0, 0.05) is 46.3 Å². The fourth-order valence-electron chi connectivity index (χ4n) is 7.58. The number of nitrogens with zero attached hydrogens (tertiary/aromatic N) is 2. The summed E-state index contributed by atoms with van der Waals surface area (Å²) in [6, 6.07) is 6.41. The van der Waals surface area contributed by atoms with Crippen molar-refractivity contribution in [1.82, 2.24) is 25.4 Å². The van der Waals surface area contributed by atoms with Crippen LogP contribution in [0, 0.1) is 20.8 Å². The van der Waals surface area contributed by atoms with E-state index < -0.39 is 5.97 Å². The SMILES string of the molecule is CCCCCCCCC1=C(C)c2cc3nc(c(C)c4[nH]c(cc5[nH]c(cc1n2)c(C)c5CC)c(C)c4C(=O)ON)[C@@H](CCNOC=O)[C@@H]3C. The van der Waals surface area contributed by atoms with Gasteiger partial charge >= 0.3 is 12.4 Å². The van der Waals surface area contributed by atoms with Gasteiger partial charge in [-0.3, -0.25) is 9.78 Å². The molecule has 8 bridgehead atoms. The molecule has 262 valence electrons. The van der Waals surface area contributed by atoms with Crippen molar-refractivity contribution < 1.29 is 19.3 Å². The molecule has 5 heterocycles. The van der Waals surface area contributed by atoms with Crippen LogP contribution in [0.5, 0.6) is 0 Å². The summed E-state index contributed by atoms with van der Waals surface area (Å²) in [6.45, 7) is 15.6. The number of carbonyl (C=O) groups is 2. The highest BCUT2D eigenvalue weighted by atomic mass is 16.7. The molecule has 5 rings (SSSR count). The molecule has 0 unspecified atom stereocenters. The Balaban J connectivity index is 1.80. The smallest absolute Gasteiger partial charge is 0.359 e. The summed E-state index contributed by atoms with van der Waals surface area (Å²) in [5, 5.41) is 0. The van der Waals surface area contributed by atoms with Gasteiger partial charge in [-0.1, -0.05) is 52.9 Å². The molecule has 0 saturated heterocycles. The molecule has 0 aromatic carbocycles. The largest absolute Gasteiger partial charge is 0.374 e. The maximum atomic E-state index is 13.2. The van der Waals surface area contributed by atoms with Crippen molar-refractivity contribution in [3.8, 4) is 0 Å². The Labute approximate surface area is 289 Å². The number of nitrogens with two attached hydrogens (primary N) is 1. The molecule has 0 saturated carbocycles. The van der Waals surface area contributed by atoms with Crippen LogP contribution in [0.25, 0.3) is 33.2 Å². The number of nitrogens with one attached hydrogen (secondary N) is 3. The van der Waals surface area contributed by atoms with Crippen LogP contribution in [0.1, 0.15) is 146 Å². The van der Waals surface area contributed by atoms with Crippen LogP contribution in [0.4, 0.5) is 0 Å². The number of aromatic nitrogens is 4. The minimum atomic E-state index is -0.616. The van der Waals surface area contributed by atoms with Gasteiger partial charge < -0.3 is 19.6 Å². The van der Waals surface area contributed by atoms with E-state index in [1.165, 1.54) is 54.4 Å². The van der Waals surface area contributed by atoms with Gasteiger partial charge in [0.25, 0.3) is 0 Å². The Bertz CT molecular complexity index is 1900. The van der Waals surface area contributed by atoms with E-state index in [2.05, 4.69) is 68.3 Å². The number of carbonyl (C=O) groups excluding carboxylic acids is 2. The summed E-state index contributed by atoms with van der Waals surface area (Å²) in [6.07, 6.45) is 9.88. The molecule has 2 aliphatic rings. The van der Waals surface area contributed by atoms with Crippen molar-refractivity contribution in [2.75, 3.05) is 6.54 Å². The molecule has 2 atom stereocenters. The predicted molar refractivity (Wildman–Crippen MR) is 196 cm³/mol. The average Bonchev–Trinajstić information content (AvgIpc) is 3.77. The second-order valence-electron chi connectivity index (χ2n) is 13.5. The highest BCUT2D eigenvalue weighted by molar-refractivity contribution is 6.03. The third-order valence-electron chi connectivity index (χ3n) is 10.5. The molecule has 49 heavy (non-hydrogen) atoms. The van der Waals surface area contributed by atoms with Crippen LogP contribution < -0.4 is 11.4 Å². The predicted octanol–water partition coefficient (Wildman–Crippen LogP) is 8.47. The second kappa shape index (κ2) is 16.0. The first-order chi connectivity index (χ1) is 23.6. The van der Waals surface area contributed by atoms with Gasteiger partial charge in [-0.15, -0.1) is 0 Å². The summed E-state index contributed by atoms with van der Waals surface area (Å²) in [7, 11) is 0. The van der Waals surface area contributed by atoms with Crippen molar-refractivity contribution in [1.29, 1.82) is 0 Å². The Morgan fingerprint density at radius 2 is 1.65 bits per heavy atom. The Hall–Kier alpha value is -4.28. The van der Waals surface area contributed by atoms with E-state index in [1.807, 2.05) is 13.8 Å². The topological polar surface area (TPSA) is 148 Å². The molecule has 3 aromatic rings. The highest BCUT2D eigenvalue weighted by Gasteiger charge is 2.32. The zero-order chi connectivity index (χ0) is 35.2. The Morgan fingerprint density at radius 3 is 2.37 bits per heavy atom. The molecule has 5 N–H and O–H groups in total. The Morgan fingerprint density at radius 1 is 0.918 bits per heavy atom. The monoisotopic (exact) mass is 668 g/mol. The van der Waals surface area contributed by atoms with E-state index in [0.29, 0.717) is 30.5 Å². The summed E-state index contributed by atoms with van der Waals surface area (Å²) in [5.41, 5.74) is 16.7. The van der Waals surface area contributed by atoms with Gasteiger partial charge in [-0.25, -0.2) is 9.78 Å². The van der Waals surface area contributed by atoms with Gasteiger partial charge in [0.05, 0.1) is 22.5 Å². The van der Waals surface area contributed by atoms with Crippen molar-refractivity contribution in [2.45, 2.75) is 118 Å². The van der Waals surface area contributed by atoms with E-state index >= 15 is 0 Å². The van der Waals surface area contributed by atoms with Crippen LogP contribution in [0.3, 0.4) is 0 Å². The number of aryl methyl sites for hydroxylation is 4. The van der Waals surface area contributed by atoms with Crippen LogP contribution in [0.15, 0.2) is 18.2 Å². The number of hydroxylamine groups is 1. The van der Waals surface area contributed by atoms with Crippen molar-refractivity contribution in [3.05, 3.63) is 68.8 Å². The van der Waals surface area contributed by atoms with Gasteiger partial charge in [-0.2, -0.15) is 11.4 Å². The van der Waals surface area contributed by atoms with E-state index in [-0.39, 0.29) is 11.8 Å². The fourth-order valence-corrected chi connectivity index (χ4v) is 7.58. The normalized spacial score (nSPS) is 15.9. The van der Waals surface area contributed by atoms with E-state index in [9.17, 15) is 9.59 Å². The zero-order valence-electron chi connectivity index (χ0n) is 30.1. The lowest BCUT2D eigenvalue weighted by molar-refractivity contribution is -0.135. The summed E-state index contributed by atoms with van der Waals surface area (Å²) in [4.78, 5) is 51.3. The van der Waals surface area contributed by atoms with E-state index in [1.54, 1.807) is 0 Å². The quantitative estimate of drug-likeness (QED) is 0.0760. The van der Waals surface area contributed by atoms with E-state index in [0.717, 1.165) is 69.7 Å². The number of allylic oxidation sites excluding steroid dienone is 2. The lowest BCUT2D eigenvalue weighted by Crippen LogP contribution is -2.18. The Kier molecular flexibility index (Phi) is 11.7. The third-order valence-corrected chi connectivity index (χ3v) is 10.5. The molecule has 0 radical (unpaired) electrons. The standard InChI is InChI=1S/C39H52N6O4/c1-8-10-11-12-13-14-15-28-23(4)30-18-32-24(5)29(16-17-41-48-21-46)37(44-32)26(7)38-36(39(47)49-40)25(6)33(45-38)20-34-27(9-2)22(3)31(42-34)19-35(28)43-30/h18-21,24,29,41-42,45H,8-17,40H2,1-7H3/t24-,29-/m0/s1. The fraction of sp³-hybridized carbons (Fsp3) is 0.487. The van der Waals surface area contributed by atoms with Crippen molar-refractivity contribution in [3.63, 3.8) is 0 Å². The van der Waals surface area contributed by atoms with Crippen molar-refractivity contribution >= 4 is 45.7 Å². The highest BCUT2D eigenvalue weighted by Crippen LogP contribution is 2.42. The zero-order valence-corrected chi connectivity index (χ0v) is 30.1. The minimum Gasteiger partial charge on any atom is -0.374 e. The molecule has 3 aromatic heterocycles. The summed E-state index contributed by atoms with van der Waals surface area (Å²) >= 11 is 0. The molecular formula is C39H52N6O4. The molecule has 0 fully saturated rings. The van der Waals surface area contributed by atoms with Gasteiger partial charge in [0.1, 0.15) is 0 Å². The molecule has 0 spiro atoms. The van der Waals surface area contributed by atoms with Crippen molar-refractivity contribution in [2.24, 2.45) is 5.90 Å². The number of hydrogen-bond acceptors (Lipinski definition) is 8. The molecule has 2 aliphatic heterocycles. The first-order valence-electron chi connectivity index (χ1n) is 17.8. The number of unbranched alkanes of at least 4 members (excludes halogenated alkanes) is 5.